The van der Waals surface area contributed by atoms with Crippen molar-refractivity contribution >= 4 is 25.7 Å². The number of carboxylic acids is 1. The number of phosphoric ester groups is 1. The fourth-order valence-electron chi connectivity index (χ4n) is 4.94. The third kappa shape index (κ3) is 36.0. The lowest BCUT2D eigenvalue weighted by atomic mass is 10.1. The van der Waals surface area contributed by atoms with E-state index < -0.39 is 51.1 Å². The van der Waals surface area contributed by atoms with Gasteiger partial charge in [-0.25, -0.2) is 4.57 Å². The molecule has 0 amide bonds. The van der Waals surface area contributed by atoms with E-state index in [1.54, 1.807) is 0 Å². The van der Waals surface area contributed by atoms with E-state index in [2.05, 4.69) is 54.8 Å². The highest BCUT2D eigenvalue weighted by atomic mass is 31.2. The summed E-state index contributed by atoms with van der Waals surface area (Å²) >= 11 is 0. The molecule has 0 rings (SSSR count). The van der Waals surface area contributed by atoms with Crippen molar-refractivity contribution in [2.24, 2.45) is 5.73 Å². The molecule has 3 atom stereocenters. The Morgan fingerprint density at radius 1 is 0.604 bits per heavy atom. The van der Waals surface area contributed by atoms with Crippen molar-refractivity contribution in [3.8, 4) is 0 Å². The molecule has 304 valence electrons. The van der Waals surface area contributed by atoms with Crippen molar-refractivity contribution in [2.45, 2.75) is 161 Å². The summed E-state index contributed by atoms with van der Waals surface area (Å²) in [6, 6.07) is -1.53. The van der Waals surface area contributed by atoms with Crippen LogP contribution in [0.5, 0.6) is 0 Å². The molecule has 53 heavy (non-hydrogen) atoms. The van der Waals surface area contributed by atoms with Crippen LogP contribution in [0, 0.1) is 0 Å². The Morgan fingerprint density at radius 2 is 1.06 bits per heavy atom. The summed E-state index contributed by atoms with van der Waals surface area (Å²) in [5.41, 5.74) is 5.31. The summed E-state index contributed by atoms with van der Waals surface area (Å²) < 4.78 is 32.5. The first-order valence-corrected chi connectivity index (χ1v) is 21.4. The SMILES string of the molecule is CC/C=C/C=C/C=C/CCCCCCCC(=O)OC(COC(=O)CCCCC/C=C/C=C/CCCCCCCCC)COP(=O)(O)OC[C@H](N)C(=O)O. The van der Waals surface area contributed by atoms with Crippen molar-refractivity contribution in [3.05, 3.63) is 60.8 Å². The Labute approximate surface area is 319 Å². The molecular weight excluding hydrogens is 697 g/mol. The summed E-state index contributed by atoms with van der Waals surface area (Å²) in [5.74, 6) is -2.45. The third-order valence-electron chi connectivity index (χ3n) is 8.09. The van der Waals surface area contributed by atoms with Gasteiger partial charge in [0.25, 0.3) is 0 Å². The van der Waals surface area contributed by atoms with E-state index in [9.17, 15) is 23.8 Å². The summed E-state index contributed by atoms with van der Waals surface area (Å²) in [4.78, 5) is 45.8. The van der Waals surface area contributed by atoms with E-state index in [4.69, 9.17) is 24.8 Å². The minimum absolute atomic E-state index is 0.130. The number of allylic oxidation sites excluding steroid dienone is 10. The van der Waals surface area contributed by atoms with Gasteiger partial charge in [0, 0.05) is 12.8 Å². The van der Waals surface area contributed by atoms with Crippen LogP contribution >= 0.6 is 7.82 Å². The summed E-state index contributed by atoms with van der Waals surface area (Å²) in [6.07, 6.45) is 40.1. The quantitative estimate of drug-likeness (QED) is 0.0240. The molecule has 0 aromatic heterocycles. The van der Waals surface area contributed by atoms with Gasteiger partial charge in [0.2, 0.25) is 0 Å². The first-order chi connectivity index (χ1) is 25.6. The maximum absolute atomic E-state index is 12.6. The minimum Gasteiger partial charge on any atom is -0.480 e. The lowest BCUT2D eigenvalue weighted by Gasteiger charge is -2.20. The molecule has 0 aliphatic carbocycles. The highest BCUT2D eigenvalue weighted by molar-refractivity contribution is 7.47. The van der Waals surface area contributed by atoms with Crippen molar-refractivity contribution < 1.29 is 47.5 Å². The van der Waals surface area contributed by atoms with Crippen LogP contribution in [0.4, 0.5) is 0 Å². The number of esters is 2. The molecule has 0 saturated carbocycles. The van der Waals surface area contributed by atoms with Gasteiger partial charge < -0.3 is 25.2 Å². The average molecular weight is 768 g/mol. The van der Waals surface area contributed by atoms with E-state index in [-0.39, 0.29) is 19.4 Å². The lowest BCUT2D eigenvalue weighted by Crippen LogP contribution is -2.34. The van der Waals surface area contributed by atoms with Crippen molar-refractivity contribution in [1.82, 2.24) is 0 Å². The van der Waals surface area contributed by atoms with Crippen LogP contribution in [0.15, 0.2) is 60.8 Å². The van der Waals surface area contributed by atoms with Crippen molar-refractivity contribution in [2.75, 3.05) is 19.8 Å². The Hall–Kier alpha value is -2.82. The highest BCUT2D eigenvalue weighted by Crippen LogP contribution is 2.43. The van der Waals surface area contributed by atoms with Crippen LogP contribution in [0.2, 0.25) is 0 Å². The molecule has 0 radical (unpaired) electrons. The number of aliphatic carboxylic acids is 1. The molecule has 0 aromatic rings. The molecular formula is C41H70NO10P. The Morgan fingerprint density at radius 3 is 1.60 bits per heavy atom. The average Bonchev–Trinajstić information content (AvgIpc) is 3.13. The van der Waals surface area contributed by atoms with Gasteiger partial charge in [-0.15, -0.1) is 0 Å². The van der Waals surface area contributed by atoms with Crippen LogP contribution in [0.3, 0.4) is 0 Å². The number of carboxylic acid groups (broad SMARTS) is 1. The summed E-state index contributed by atoms with van der Waals surface area (Å²) in [6.45, 7) is 2.59. The van der Waals surface area contributed by atoms with Gasteiger partial charge in [0.05, 0.1) is 13.2 Å². The first-order valence-electron chi connectivity index (χ1n) is 19.9. The number of hydrogen-bond acceptors (Lipinski definition) is 9. The second kappa shape index (κ2) is 36.2. The molecule has 0 fully saturated rings. The molecule has 0 saturated heterocycles. The number of carbonyl (C=O) groups excluding carboxylic acids is 2. The molecule has 0 heterocycles. The Kier molecular flexibility index (Phi) is 34.2. The second-order valence-electron chi connectivity index (χ2n) is 13.1. The number of rotatable bonds is 36. The zero-order valence-corrected chi connectivity index (χ0v) is 33.5. The zero-order chi connectivity index (χ0) is 39.3. The van der Waals surface area contributed by atoms with E-state index in [1.807, 2.05) is 24.3 Å². The molecule has 0 aliphatic rings. The topological polar surface area (TPSA) is 172 Å². The third-order valence-corrected chi connectivity index (χ3v) is 9.04. The van der Waals surface area contributed by atoms with Gasteiger partial charge in [-0.1, -0.05) is 139 Å². The van der Waals surface area contributed by atoms with E-state index in [0.717, 1.165) is 64.2 Å². The highest BCUT2D eigenvalue weighted by Gasteiger charge is 2.28. The van der Waals surface area contributed by atoms with Gasteiger partial charge in [0.1, 0.15) is 12.6 Å². The predicted molar refractivity (Wildman–Crippen MR) is 212 cm³/mol. The fourth-order valence-corrected chi connectivity index (χ4v) is 5.71. The monoisotopic (exact) mass is 767 g/mol. The predicted octanol–water partition coefficient (Wildman–Crippen LogP) is 10.00. The molecule has 0 aliphatic heterocycles. The van der Waals surface area contributed by atoms with Gasteiger partial charge in [-0.3, -0.25) is 23.4 Å². The minimum atomic E-state index is -4.73. The van der Waals surface area contributed by atoms with Crippen molar-refractivity contribution in [3.63, 3.8) is 0 Å². The molecule has 4 N–H and O–H groups in total. The first kappa shape index (κ1) is 50.2. The van der Waals surface area contributed by atoms with Gasteiger partial charge in [-0.2, -0.15) is 0 Å². The number of carbonyl (C=O) groups is 3. The Bertz CT molecular complexity index is 1130. The molecule has 11 nitrogen and oxygen atoms in total. The van der Waals surface area contributed by atoms with E-state index >= 15 is 0 Å². The Balaban J connectivity index is 4.50. The lowest BCUT2D eigenvalue weighted by molar-refractivity contribution is -0.161. The van der Waals surface area contributed by atoms with E-state index in [1.165, 1.54) is 44.9 Å². The molecule has 0 aromatic carbocycles. The summed E-state index contributed by atoms with van der Waals surface area (Å²) in [7, 11) is -4.73. The van der Waals surface area contributed by atoms with Crippen LogP contribution in [0.1, 0.15) is 149 Å². The zero-order valence-electron chi connectivity index (χ0n) is 32.6. The fraction of sp³-hybridized carbons (Fsp3) is 0.683. The summed E-state index contributed by atoms with van der Waals surface area (Å²) in [5, 5.41) is 8.86. The number of phosphoric acid groups is 1. The molecule has 0 bridgehead atoms. The molecule has 12 heteroatoms. The van der Waals surface area contributed by atoms with Gasteiger partial charge >= 0.3 is 25.7 Å². The smallest absolute Gasteiger partial charge is 0.472 e. The second-order valence-corrected chi connectivity index (χ2v) is 14.6. The van der Waals surface area contributed by atoms with Crippen molar-refractivity contribution in [1.29, 1.82) is 0 Å². The number of nitrogens with two attached hydrogens (primary N) is 1. The maximum atomic E-state index is 12.6. The maximum Gasteiger partial charge on any atom is 0.472 e. The number of hydrogen-bond donors (Lipinski definition) is 3. The molecule has 2 unspecified atom stereocenters. The standard InChI is InChI=1S/C41H70NO10P/c1-3-5-7-9-11-13-15-17-18-19-21-22-24-26-28-30-32-39(43)49-34-37(35-50-53(47,48)51-36-38(42)41(45)46)52-40(44)33-31-29-27-25-23-20-16-14-12-10-8-6-4-2/h6,8,10,12,14,16,18-19,21-22,37-38H,3-5,7,9,11,13,15,17,20,23-36,42H2,1-2H3,(H,45,46)(H,47,48)/b8-6+,12-10+,16-14+,19-18+,22-21+/t37?,38-/m0/s1. The number of unbranched alkanes of at least 4 members (excludes halogenated alkanes) is 15. The van der Waals surface area contributed by atoms with Crippen LogP contribution in [0.25, 0.3) is 0 Å². The van der Waals surface area contributed by atoms with Crippen LogP contribution in [-0.2, 0) is 37.5 Å². The van der Waals surface area contributed by atoms with Gasteiger partial charge in [0.15, 0.2) is 6.10 Å². The van der Waals surface area contributed by atoms with Crippen LogP contribution in [-0.4, -0.2) is 59.9 Å². The van der Waals surface area contributed by atoms with Crippen LogP contribution < -0.4 is 5.73 Å². The van der Waals surface area contributed by atoms with Gasteiger partial charge in [-0.05, 0) is 57.8 Å². The largest absolute Gasteiger partial charge is 0.480 e. The normalized spacial score (nSPS) is 14.5. The van der Waals surface area contributed by atoms with E-state index in [0.29, 0.717) is 12.8 Å². The number of ether oxygens (including phenoxy) is 2. The molecule has 0 spiro atoms.